The van der Waals surface area contributed by atoms with Gasteiger partial charge in [-0.3, -0.25) is 14.6 Å². The van der Waals surface area contributed by atoms with Crippen molar-refractivity contribution in [1.82, 2.24) is 20.2 Å². The predicted molar refractivity (Wildman–Crippen MR) is 120 cm³/mol. The summed E-state index contributed by atoms with van der Waals surface area (Å²) in [5, 5.41) is 2.82. The normalized spacial score (nSPS) is 14.7. The number of aromatic nitrogens is 2. The number of hydrogen-bond acceptors (Lipinski definition) is 7. The molecule has 1 aliphatic heterocycles. The first-order valence-electron chi connectivity index (χ1n) is 11.0. The first-order valence-corrected chi connectivity index (χ1v) is 11.0. The van der Waals surface area contributed by atoms with Crippen LogP contribution in [0.4, 0.5) is 19.0 Å². The number of carbonyl (C=O) groups is 2. The Morgan fingerprint density at radius 3 is 2.56 bits per heavy atom. The first-order chi connectivity index (χ1) is 16.1. The van der Waals surface area contributed by atoms with E-state index in [-0.39, 0.29) is 30.5 Å². The van der Waals surface area contributed by atoms with Gasteiger partial charge in [-0.1, -0.05) is 6.92 Å². The van der Waals surface area contributed by atoms with Gasteiger partial charge in [0.2, 0.25) is 5.88 Å². The van der Waals surface area contributed by atoms with Gasteiger partial charge in [-0.05, 0) is 25.2 Å². The SMILES string of the molecule is CCC(=O)Cc1cc(C(=O)NCc2ccc(OCC(F)(F)F)nc2N2CCN(C)CC2)ccn1. The van der Waals surface area contributed by atoms with Crippen LogP contribution in [0.3, 0.4) is 0 Å². The Balaban J connectivity index is 1.74. The molecule has 3 rings (SSSR count). The van der Waals surface area contributed by atoms with Crippen molar-refractivity contribution in [3.05, 3.63) is 47.3 Å². The average Bonchev–Trinajstić information content (AvgIpc) is 2.81. The number of likely N-dealkylation sites (N-methyl/N-ethyl adjacent to an activating group) is 1. The first kappa shape index (κ1) is 25.4. The number of anilines is 1. The van der Waals surface area contributed by atoms with E-state index in [1.165, 1.54) is 12.3 Å². The van der Waals surface area contributed by atoms with Crippen molar-refractivity contribution in [3.63, 3.8) is 0 Å². The second kappa shape index (κ2) is 11.3. The molecule has 0 bridgehead atoms. The molecular weight excluding hydrogens is 451 g/mol. The van der Waals surface area contributed by atoms with E-state index in [0.29, 0.717) is 42.1 Å². The molecule has 0 saturated carbocycles. The van der Waals surface area contributed by atoms with Crippen LogP contribution >= 0.6 is 0 Å². The molecule has 0 atom stereocenters. The predicted octanol–water partition coefficient (Wildman–Crippen LogP) is 2.62. The lowest BCUT2D eigenvalue weighted by Gasteiger charge is -2.34. The van der Waals surface area contributed by atoms with Gasteiger partial charge in [0.1, 0.15) is 11.6 Å². The third kappa shape index (κ3) is 7.41. The summed E-state index contributed by atoms with van der Waals surface area (Å²) in [4.78, 5) is 37.0. The van der Waals surface area contributed by atoms with Crippen LogP contribution in [0.2, 0.25) is 0 Å². The van der Waals surface area contributed by atoms with Crippen LogP contribution in [0.1, 0.15) is 35.0 Å². The maximum Gasteiger partial charge on any atom is 0.422 e. The number of rotatable bonds is 9. The van der Waals surface area contributed by atoms with Crippen molar-refractivity contribution in [3.8, 4) is 5.88 Å². The highest BCUT2D eigenvalue weighted by atomic mass is 19.4. The lowest BCUT2D eigenvalue weighted by molar-refractivity contribution is -0.154. The van der Waals surface area contributed by atoms with Crippen molar-refractivity contribution >= 4 is 17.5 Å². The molecule has 11 heteroatoms. The van der Waals surface area contributed by atoms with E-state index in [1.54, 1.807) is 25.1 Å². The van der Waals surface area contributed by atoms with Crippen LogP contribution in [-0.4, -0.2) is 72.6 Å². The van der Waals surface area contributed by atoms with E-state index < -0.39 is 12.8 Å². The van der Waals surface area contributed by atoms with Gasteiger partial charge in [0.15, 0.2) is 6.61 Å². The van der Waals surface area contributed by atoms with Gasteiger partial charge in [0, 0.05) is 74.6 Å². The summed E-state index contributed by atoms with van der Waals surface area (Å²) < 4.78 is 42.5. The van der Waals surface area contributed by atoms with E-state index in [9.17, 15) is 22.8 Å². The fourth-order valence-electron chi connectivity index (χ4n) is 3.45. The van der Waals surface area contributed by atoms with Gasteiger partial charge in [0.05, 0.1) is 0 Å². The summed E-state index contributed by atoms with van der Waals surface area (Å²) in [6.07, 6.45) is -2.43. The van der Waals surface area contributed by atoms with Crippen LogP contribution in [0.25, 0.3) is 0 Å². The number of nitrogens with one attached hydrogen (secondary N) is 1. The number of ether oxygens (including phenoxy) is 1. The molecule has 1 fully saturated rings. The lowest BCUT2D eigenvalue weighted by Crippen LogP contribution is -2.45. The second-order valence-electron chi connectivity index (χ2n) is 8.11. The number of alkyl halides is 3. The Labute approximate surface area is 196 Å². The zero-order valence-electron chi connectivity index (χ0n) is 19.2. The Hall–Kier alpha value is -3.21. The van der Waals surface area contributed by atoms with Crippen LogP contribution < -0.4 is 15.0 Å². The molecule has 0 unspecified atom stereocenters. The number of pyridine rings is 2. The summed E-state index contributed by atoms with van der Waals surface area (Å²) in [5.74, 6) is 0.0350. The molecule has 0 radical (unpaired) electrons. The minimum atomic E-state index is -4.46. The monoisotopic (exact) mass is 479 g/mol. The molecule has 0 aliphatic carbocycles. The van der Waals surface area contributed by atoms with Gasteiger partial charge >= 0.3 is 6.18 Å². The highest BCUT2D eigenvalue weighted by Crippen LogP contribution is 2.25. The molecule has 0 aromatic carbocycles. The van der Waals surface area contributed by atoms with Crippen molar-refractivity contribution in [2.24, 2.45) is 0 Å². The molecule has 0 spiro atoms. The molecule has 8 nitrogen and oxygen atoms in total. The zero-order chi connectivity index (χ0) is 24.7. The number of nitrogens with zero attached hydrogens (tertiary/aromatic N) is 4. The van der Waals surface area contributed by atoms with Crippen LogP contribution in [-0.2, 0) is 17.8 Å². The summed E-state index contributed by atoms with van der Waals surface area (Å²) in [5.41, 5.74) is 1.55. The zero-order valence-corrected chi connectivity index (χ0v) is 19.2. The number of ketones is 1. The molecule has 1 N–H and O–H groups in total. The van der Waals surface area contributed by atoms with Gasteiger partial charge in [0.25, 0.3) is 5.91 Å². The molecule has 2 aromatic heterocycles. The Bertz CT molecular complexity index is 1010. The highest BCUT2D eigenvalue weighted by molar-refractivity contribution is 5.94. The van der Waals surface area contributed by atoms with Crippen LogP contribution in [0.15, 0.2) is 30.5 Å². The Morgan fingerprint density at radius 2 is 1.88 bits per heavy atom. The fraction of sp³-hybridized carbons (Fsp3) is 0.478. The van der Waals surface area contributed by atoms with E-state index in [0.717, 1.165) is 13.1 Å². The summed E-state index contributed by atoms with van der Waals surface area (Å²) >= 11 is 0. The van der Waals surface area contributed by atoms with Crippen LogP contribution in [0, 0.1) is 0 Å². The maximum absolute atomic E-state index is 12.7. The minimum absolute atomic E-state index is 0.0285. The highest BCUT2D eigenvalue weighted by Gasteiger charge is 2.29. The fourth-order valence-corrected chi connectivity index (χ4v) is 3.45. The Kier molecular flexibility index (Phi) is 8.43. The van der Waals surface area contributed by atoms with Crippen molar-refractivity contribution in [2.75, 3.05) is 44.7 Å². The minimum Gasteiger partial charge on any atom is -0.468 e. The van der Waals surface area contributed by atoms with Crippen molar-refractivity contribution in [1.29, 1.82) is 0 Å². The third-order valence-electron chi connectivity index (χ3n) is 5.41. The van der Waals surface area contributed by atoms with E-state index in [4.69, 9.17) is 4.74 Å². The lowest BCUT2D eigenvalue weighted by atomic mass is 10.1. The van der Waals surface area contributed by atoms with Gasteiger partial charge in [-0.15, -0.1) is 0 Å². The van der Waals surface area contributed by atoms with Gasteiger partial charge in [-0.2, -0.15) is 18.2 Å². The number of halogens is 3. The number of piperazine rings is 1. The molecule has 1 amide bonds. The van der Waals surface area contributed by atoms with Crippen molar-refractivity contribution < 1.29 is 27.5 Å². The number of hydrogen-bond donors (Lipinski definition) is 1. The molecule has 2 aromatic rings. The smallest absolute Gasteiger partial charge is 0.422 e. The Morgan fingerprint density at radius 1 is 1.15 bits per heavy atom. The number of Topliss-reactive ketones (excluding diaryl/α,β-unsaturated/α-hetero) is 1. The number of carbonyl (C=O) groups excluding carboxylic acids is 2. The standard InChI is InChI=1S/C23H28F3N5O3/c1-3-19(32)13-18-12-16(6-7-27-18)22(33)28-14-17-4-5-20(34-15-23(24,25)26)29-21(17)31-10-8-30(2)9-11-31/h4-7,12H,3,8-11,13-15H2,1-2H3,(H,28,33). The van der Waals surface area contributed by atoms with Crippen molar-refractivity contribution in [2.45, 2.75) is 32.5 Å². The number of amides is 1. The average molecular weight is 480 g/mol. The third-order valence-corrected chi connectivity index (χ3v) is 5.41. The summed E-state index contributed by atoms with van der Waals surface area (Å²) in [6.45, 7) is 3.31. The quantitative estimate of drug-likeness (QED) is 0.592. The van der Waals surface area contributed by atoms with Gasteiger partial charge < -0.3 is 19.9 Å². The molecule has 1 saturated heterocycles. The molecule has 1 aliphatic rings. The van der Waals surface area contributed by atoms with E-state index in [1.807, 2.05) is 11.9 Å². The molecular formula is C23H28F3N5O3. The largest absolute Gasteiger partial charge is 0.468 e. The molecule has 3 heterocycles. The summed E-state index contributed by atoms with van der Waals surface area (Å²) in [6, 6.07) is 6.12. The summed E-state index contributed by atoms with van der Waals surface area (Å²) in [7, 11) is 1.99. The topological polar surface area (TPSA) is 87.7 Å². The molecule has 34 heavy (non-hydrogen) atoms. The molecule has 184 valence electrons. The van der Waals surface area contributed by atoms with Crippen LogP contribution in [0.5, 0.6) is 5.88 Å². The van der Waals surface area contributed by atoms with E-state index in [2.05, 4.69) is 20.2 Å². The van der Waals surface area contributed by atoms with E-state index >= 15 is 0 Å². The maximum atomic E-state index is 12.7. The second-order valence-corrected chi connectivity index (χ2v) is 8.11. The van der Waals surface area contributed by atoms with Gasteiger partial charge in [-0.25, -0.2) is 0 Å².